The topological polar surface area (TPSA) is 122 Å². The molecule has 0 aromatic rings. The first kappa shape index (κ1) is 25.7. The molecule has 0 saturated carbocycles. The fourth-order valence-corrected chi connectivity index (χ4v) is 2.45. The molecule has 2 saturated heterocycles. The van der Waals surface area contributed by atoms with Gasteiger partial charge in [-0.3, -0.25) is 24.0 Å². The molecule has 2 aliphatic heterocycles. The lowest BCUT2D eigenvalue weighted by molar-refractivity contribution is -0.219. The standard InChI is InChI=1S/C11H18N2O4.C9H15NO3/c1-7-5-8(14)13(10(7)16)17-9(15)6-12-11(2,3)4;1-6-5-7(11)10(8(6)12)13-9(2,3)4/h7,12H,5-6H2,1-4H3;6H,5H2,1-4H3. The lowest BCUT2D eigenvalue weighted by Crippen LogP contribution is -2.42. The number of hydrogen-bond acceptors (Lipinski definition) is 8. The maximum absolute atomic E-state index is 11.5. The zero-order valence-corrected chi connectivity index (χ0v) is 19.0. The van der Waals surface area contributed by atoms with Crippen molar-refractivity contribution in [2.45, 2.75) is 79.4 Å². The fourth-order valence-electron chi connectivity index (χ4n) is 2.45. The zero-order chi connectivity index (χ0) is 23.4. The maximum Gasteiger partial charge on any atom is 0.346 e. The van der Waals surface area contributed by atoms with Crippen molar-refractivity contribution in [3.05, 3.63) is 0 Å². The SMILES string of the molecule is CC1CC(=O)N(OC(=O)CNC(C)(C)C)C1=O.CC1CC(=O)N(OC(C)(C)C)C1=O. The monoisotopic (exact) mass is 427 g/mol. The van der Waals surface area contributed by atoms with Gasteiger partial charge in [0.05, 0.1) is 12.1 Å². The quantitative estimate of drug-likeness (QED) is 0.667. The summed E-state index contributed by atoms with van der Waals surface area (Å²) in [5.74, 6) is -2.70. The summed E-state index contributed by atoms with van der Waals surface area (Å²) in [6.07, 6.45) is 0.355. The van der Waals surface area contributed by atoms with Gasteiger partial charge < -0.3 is 10.2 Å². The van der Waals surface area contributed by atoms with Crippen molar-refractivity contribution in [1.29, 1.82) is 0 Å². The Labute approximate surface area is 177 Å². The van der Waals surface area contributed by atoms with Gasteiger partial charge in [-0.15, -0.1) is 5.06 Å². The van der Waals surface area contributed by atoms with Crippen LogP contribution in [0.2, 0.25) is 0 Å². The minimum atomic E-state index is -0.643. The second kappa shape index (κ2) is 9.65. The van der Waals surface area contributed by atoms with E-state index in [0.717, 1.165) is 5.06 Å². The lowest BCUT2D eigenvalue weighted by atomic mass is 10.1. The molecule has 1 N–H and O–H groups in total. The van der Waals surface area contributed by atoms with Gasteiger partial charge >= 0.3 is 5.97 Å². The third kappa shape index (κ3) is 7.83. The van der Waals surface area contributed by atoms with Crippen LogP contribution in [0.15, 0.2) is 0 Å². The van der Waals surface area contributed by atoms with Crippen LogP contribution in [0, 0.1) is 11.8 Å². The van der Waals surface area contributed by atoms with Gasteiger partial charge in [-0.25, -0.2) is 4.79 Å². The van der Waals surface area contributed by atoms with Crippen LogP contribution in [0.4, 0.5) is 0 Å². The van der Waals surface area contributed by atoms with Crippen molar-refractivity contribution in [1.82, 2.24) is 15.4 Å². The zero-order valence-electron chi connectivity index (χ0n) is 19.0. The molecule has 2 fully saturated rings. The molecule has 0 aromatic heterocycles. The molecule has 10 nitrogen and oxygen atoms in total. The van der Waals surface area contributed by atoms with Crippen LogP contribution in [0.5, 0.6) is 0 Å². The van der Waals surface area contributed by atoms with Crippen molar-refractivity contribution in [2.24, 2.45) is 11.8 Å². The fraction of sp³-hybridized carbons (Fsp3) is 0.750. The summed E-state index contributed by atoms with van der Waals surface area (Å²) in [4.78, 5) is 66.8. The van der Waals surface area contributed by atoms with E-state index in [1.807, 2.05) is 20.8 Å². The number of nitrogens with one attached hydrogen (secondary N) is 1. The highest BCUT2D eigenvalue weighted by Gasteiger charge is 2.39. The average molecular weight is 427 g/mol. The number of hydroxylamine groups is 4. The van der Waals surface area contributed by atoms with Crippen molar-refractivity contribution in [2.75, 3.05) is 6.54 Å². The smallest absolute Gasteiger partial charge is 0.329 e. The molecule has 0 bridgehead atoms. The normalized spacial score (nSPS) is 22.4. The van der Waals surface area contributed by atoms with E-state index in [0.29, 0.717) is 5.06 Å². The lowest BCUT2D eigenvalue weighted by Gasteiger charge is -2.24. The largest absolute Gasteiger partial charge is 0.346 e. The van der Waals surface area contributed by atoms with Gasteiger partial charge in [0, 0.05) is 30.2 Å². The number of rotatable bonds is 4. The highest BCUT2D eigenvalue weighted by atomic mass is 16.7. The minimum Gasteiger partial charge on any atom is -0.329 e. The van der Waals surface area contributed by atoms with Gasteiger partial charge in [0.25, 0.3) is 23.6 Å². The average Bonchev–Trinajstić information content (AvgIpc) is 2.95. The molecule has 2 unspecified atom stereocenters. The number of nitrogens with zero attached hydrogens (tertiary/aromatic N) is 2. The van der Waals surface area contributed by atoms with Gasteiger partial charge in [-0.05, 0) is 41.5 Å². The first-order chi connectivity index (χ1) is 13.5. The van der Waals surface area contributed by atoms with Crippen LogP contribution in [0.25, 0.3) is 0 Å². The van der Waals surface area contributed by atoms with E-state index in [4.69, 9.17) is 9.68 Å². The van der Waals surface area contributed by atoms with Crippen LogP contribution in [-0.4, -0.2) is 57.4 Å². The summed E-state index contributed by atoms with van der Waals surface area (Å²) in [6.45, 7) is 14.4. The van der Waals surface area contributed by atoms with Crippen LogP contribution >= 0.6 is 0 Å². The van der Waals surface area contributed by atoms with Gasteiger partial charge in [-0.2, -0.15) is 5.06 Å². The molecule has 0 aliphatic carbocycles. The van der Waals surface area contributed by atoms with Crippen molar-refractivity contribution in [3.63, 3.8) is 0 Å². The highest BCUT2D eigenvalue weighted by molar-refractivity contribution is 6.03. The second-order valence-corrected chi connectivity index (χ2v) is 9.53. The van der Waals surface area contributed by atoms with Crippen LogP contribution in [0.3, 0.4) is 0 Å². The van der Waals surface area contributed by atoms with Crippen LogP contribution in [0.1, 0.15) is 68.2 Å². The van der Waals surface area contributed by atoms with Crippen LogP contribution < -0.4 is 5.32 Å². The summed E-state index contributed by atoms with van der Waals surface area (Å²) in [5, 5.41) is 4.37. The molecule has 2 heterocycles. The summed E-state index contributed by atoms with van der Waals surface area (Å²) in [7, 11) is 0. The molecule has 0 radical (unpaired) electrons. The summed E-state index contributed by atoms with van der Waals surface area (Å²) < 4.78 is 0. The molecular weight excluding hydrogens is 394 g/mol. The Hall–Kier alpha value is -2.33. The minimum absolute atomic E-state index is 0.0467. The molecule has 2 atom stereocenters. The molecule has 30 heavy (non-hydrogen) atoms. The van der Waals surface area contributed by atoms with Crippen molar-refractivity contribution in [3.8, 4) is 0 Å². The summed E-state index contributed by atoms with van der Waals surface area (Å²) >= 11 is 0. The molecule has 0 aromatic carbocycles. The third-order valence-electron chi connectivity index (χ3n) is 3.98. The number of hydrogen-bond donors (Lipinski definition) is 1. The van der Waals surface area contributed by atoms with E-state index in [1.165, 1.54) is 0 Å². The van der Waals surface area contributed by atoms with Crippen LogP contribution in [-0.2, 0) is 33.6 Å². The Morgan fingerprint density at radius 3 is 1.67 bits per heavy atom. The molecule has 2 aliphatic rings. The first-order valence-corrected chi connectivity index (χ1v) is 9.90. The predicted molar refractivity (Wildman–Crippen MR) is 106 cm³/mol. The van der Waals surface area contributed by atoms with E-state index >= 15 is 0 Å². The van der Waals surface area contributed by atoms with Gasteiger partial charge in [0.15, 0.2) is 0 Å². The molecule has 2 rings (SSSR count). The van der Waals surface area contributed by atoms with Crippen molar-refractivity contribution >= 4 is 29.6 Å². The first-order valence-electron chi connectivity index (χ1n) is 9.90. The highest BCUT2D eigenvalue weighted by Crippen LogP contribution is 2.22. The van der Waals surface area contributed by atoms with E-state index in [-0.39, 0.29) is 42.7 Å². The summed E-state index contributed by atoms with van der Waals surface area (Å²) in [6, 6.07) is 0. The van der Waals surface area contributed by atoms with Crippen molar-refractivity contribution < 1.29 is 33.6 Å². The number of imide groups is 2. The van der Waals surface area contributed by atoms with Gasteiger partial charge in [0.1, 0.15) is 0 Å². The van der Waals surface area contributed by atoms with E-state index in [9.17, 15) is 24.0 Å². The second-order valence-electron chi connectivity index (χ2n) is 9.53. The van der Waals surface area contributed by atoms with Gasteiger partial charge in [0.2, 0.25) is 0 Å². The summed E-state index contributed by atoms with van der Waals surface area (Å²) in [5.41, 5.74) is -0.735. The predicted octanol–water partition coefficient (Wildman–Crippen LogP) is 1.34. The van der Waals surface area contributed by atoms with E-state index in [1.54, 1.807) is 34.6 Å². The Kier molecular flexibility index (Phi) is 8.27. The van der Waals surface area contributed by atoms with Gasteiger partial charge in [-0.1, -0.05) is 13.8 Å². The number of carbonyl (C=O) groups is 5. The Morgan fingerprint density at radius 1 is 0.900 bits per heavy atom. The molecule has 10 heteroatoms. The molecular formula is C20H33N3O7. The van der Waals surface area contributed by atoms with E-state index < -0.39 is 29.3 Å². The number of carbonyl (C=O) groups excluding carboxylic acids is 5. The Balaban J connectivity index is 0.000000311. The number of amides is 4. The third-order valence-corrected chi connectivity index (χ3v) is 3.98. The molecule has 170 valence electrons. The molecule has 0 spiro atoms. The Morgan fingerprint density at radius 2 is 1.33 bits per heavy atom. The Bertz CT molecular complexity index is 706. The van der Waals surface area contributed by atoms with E-state index in [2.05, 4.69) is 5.32 Å². The maximum atomic E-state index is 11.5. The molecule has 4 amide bonds.